The number of amides is 1. The van der Waals surface area contributed by atoms with Crippen molar-refractivity contribution < 1.29 is 9.53 Å². The highest BCUT2D eigenvalue weighted by Gasteiger charge is 2.57. The Hall–Kier alpha value is -2.75. The molecule has 2 aromatic rings. The van der Waals surface area contributed by atoms with Crippen molar-refractivity contribution in [2.24, 2.45) is 0 Å². The number of para-hydroxylation sites is 2. The van der Waals surface area contributed by atoms with Gasteiger partial charge in [0.1, 0.15) is 11.4 Å². The highest BCUT2D eigenvalue weighted by molar-refractivity contribution is 5.84. The zero-order valence-electron chi connectivity index (χ0n) is 16.9. The number of hydrogen-bond donors (Lipinski definition) is 1. The molecule has 4 rings (SSSR count). The van der Waals surface area contributed by atoms with Crippen LogP contribution < -0.4 is 15.0 Å². The summed E-state index contributed by atoms with van der Waals surface area (Å²) in [7, 11) is 0. The van der Waals surface area contributed by atoms with Crippen molar-refractivity contribution in [3.63, 3.8) is 0 Å². The largest absolute Gasteiger partial charge is 0.493 e. The van der Waals surface area contributed by atoms with E-state index >= 15 is 0 Å². The molecule has 0 aromatic heterocycles. The molecule has 0 radical (unpaired) electrons. The van der Waals surface area contributed by atoms with E-state index in [0.717, 1.165) is 17.7 Å². The monoisotopic (exact) mass is 376 g/mol. The zero-order valence-corrected chi connectivity index (χ0v) is 16.9. The van der Waals surface area contributed by atoms with Gasteiger partial charge in [0.25, 0.3) is 0 Å². The molecule has 28 heavy (non-hydrogen) atoms. The third kappa shape index (κ3) is 2.79. The minimum absolute atomic E-state index is 0.0947. The predicted octanol–water partition coefficient (Wildman–Crippen LogP) is 4.50. The van der Waals surface area contributed by atoms with Gasteiger partial charge in [-0.15, -0.1) is 0 Å². The Morgan fingerprint density at radius 2 is 1.89 bits per heavy atom. The van der Waals surface area contributed by atoms with E-state index in [-0.39, 0.29) is 11.3 Å². The maximum atomic E-state index is 12.5. The summed E-state index contributed by atoms with van der Waals surface area (Å²) in [5.74, 6) is 0.969. The average Bonchev–Trinajstić information content (AvgIpc) is 2.89. The number of carbonyl (C=O) groups excluding carboxylic acids is 1. The molecule has 146 valence electrons. The summed E-state index contributed by atoms with van der Waals surface area (Å²) < 4.78 is 5.92. The van der Waals surface area contributed by atoms with Crippen LogP contribution in [0.4, 0.5) is 5.69 Å². The summed E-state index contributed by atoms with van der Waals surface area (Å²) in [4.78, 5) is 14.8. The van der Waals surface area contributed by atoms with Crippen LogP contribution in [0.25, 0.3) is 6.08 Å². The van der Waals surface area contributed by atoms with Crippen molar-refractivity contribution in [1.82, 2.24) is 5.32 Å². The van der Waals surface area contributed by atoms with Crippen molar-refractivity contribution in [2.45, 2.75) is 44.7 Å². The molecule has 4 heteroatoms. The smallest absolute Gasteiger partial charge is 0.223 e. The third-order valence-corrected chi connectivity index (χ3v) is 6.02. The molecule has 1 saturated heterocycles. The van der Waals surface area contributed by atoms with Crippen LogP contribution in [0.5, 0.6) is 5.75 Å². The summed E-state index contributed by atoms with van der Waals surface area (Å²) in [6.07, 6.45) is 5.72. The molecule has 4 nitrogen and oxygen atoms in total. The molecule has 1 fully saturated rings. The van der Waals surface area contributed by atoms with Crippen LogP contribution in [-0.2, 0) is 10.2 Å². The predicted molar refractivity (Wildman–Crippen MR) is 114 cm³/mol. The lowest BCUT2D eigenvalue weighted by atomic mass is 9.74. The van der Waals surface area contributed by atoms with E-state index in [9.17, 15) is 4.79 Å². The van der Waals surface area contributed by atoms with Crippen molar-refractivity contribution in [3.8, 4) is 5.75 Å². The minimum atomic E-state index is -0.593. The Kier molecular flexibility index (Phi) is 4.66. The van der Waals surface area contributed by atoms with Gasteiger partial charge in [0.15, 0.2) is 0 Å². The molecule has 0 saturated carbocycles. The average molecular weight is 377 g/mol. The first-order chi connectivity index (χ1) is 13.5. The fraction of sp³-hybridized carbons (Fsp3) is 0.375. The summed E-state index contributed by atoms with van der Waals surface area (Å²) in [6, 6.07) is 16.5. The Morgan fingerprint density at radius 3 is 2.71 bits per heavy atom. The van der Waals surface area contributed by atoms with Crippen LogP contribution in [0, 0.1) is 0 Å². The van der Waals surface area contributed by atoms with Gasteiger partial charge in [0.2, 0.25) is 5.91 Å². The van der Waals surface area contributed by atoms with Gasteiger partial charge in [-0.3, -0.25) is 4.79 Å². The Morgan fingerprint density at radius 1 is 1.14 bits per heavy atom. The second-order valence-electron chi connectivity index (χ2n) is 8.08. The quantitative estimate of drug-likeness (QED) is 0.835. The molecule has 2 heterocycles. The molecule has 0 unspecified atom stereocenters. The van der Waals surface area contributed by atoms with E-state index in [2.05, 4.69) is 73.5 Å². The minimum Gasteiger partial charge on any atom is -0.493 e. The van der Waals surface area contributed by atoms with E-state index in [4.69, 9.17) is 4.74 Å². The standard InChI is InChI=1S/C24H28N2O2/c1-4-17-28-21-12-8-5-9-18(21)13-15-24-23(2,3)19-10-6-7-11-20(19)26(24)16-14-22(27)25-24/h5-13,15H,4,14,16-17H2,1-3H3,(H,25,27)/b15-13+/t24-/m1/s1. The molecule has 1 amide bonds. The van der Waals surface area contributed by atoms with Gasteiger partial charge in [-0.1, -0.05) is 63.2 Å². The van der Waals surface area contributed by atoms with Gasteiger partial charge in [0.05, 0.1) is 6.61 Å². The lowest BCUT2D eigenvalue weighted by Crippen LogP contribution is -2.68. The highest BCUT2D eigenvalue weighted by atomic mass is 16.5. The van der Waals surface area contributed by atoms with E-state index in [1.807, 2.05) is 18.2 Å². The molecule has 1 atom stereocenters. The second-order valence-corrected chi connectivity index (χ2v) is 8.08. The van der Waals surface area contributed by atoms with Gasteiger partial charge < -0.3 is 15.0 Å². The number of carbonyl (C=O) groups is 1. The Labute approximate surface area is 167 Å². The van der Waals surface area contributed by atoms with Gasteiger partial charge in [0, 0.05) is 29.6 Å². The number of benzene rings is 2. The van der Waals surface area contributed by atoms with E-state index in [0.29, 0.717) is 19.6 Å². The normalized spacial score (nSPS) is 22.7. The van der Waals surface area contributed by atoms with Crippen molar-refractivity contribution in [2.75, 3.05) is 18.1 Å². The fourth-order valence-electron chi connectivity index (χ4n) is 4.49. The molecule has 2 aliphatic rings. The Balaban J connectivity index is 1.78. The van der Waals surface area contributed by atoms with Crippen LogP contribution in [0.2, 0.25) is 0 Å². The molecule has 1 N–H and O–H groups in total. The highest BCUT2D eigenvalue weighted by Crippen LogP contribution is 2.52. The van der Waals surface area contributed by atoms with Crippen molar-refractivity contribution in [3.05, 3.63) is 65.7 Å². The summed E-state index contributed by atoms with van der Waals surface area (Å²) in [5.41, 5.74) is 2.63. The van der Waals surface area contributed by atoms with Crippen LogP contribution >= 0.6 is 0 Å². The van der Waals surface area contributed by atoms with Crippen LogP contribution in [0.15, 0.2) is 54.6 Å². The van der Waals surface area contributed by atoms with E-state index in [1.54, 1.807) is 0 Å². The van der Waals surface area contributed by atoms with Crippen molar-refractivity contribution >= 4 is 17.7 Å². The first-order valence-corrected chi connectivity index (χ1v) is 10.1. The van der Waals surface area contributed by atoms with Gasteiger partial charge in [-0.2, -0.15) is 0 Å². The maximum absolute atomic E-state index is 12.5. The number of ether oxygens (including phenoxy) is 1. The van der Waals surface area contributed by atoms with Gasteiger partial charge >= 0.3 is 0 Å². The Bertz CT molecular complexity index is 918. The molecule has 0 bridgehead atoms. The molecular weight excluding hydrogens is 348 g/mol. The summed E-state index contributed by atoms with van der Waals surface area (Å²) in [6.45, 7) is 7.92. The van der Waals surface area contributed by atoms with Crippen LogP contribution in [0.1, 0.15) is 44.7 Å². The van der Waals surface area contributed by atoms with Crippen molar-refractivity contribution in [1.29, 1.82) is 0 Å². The SMILES string of the molecule is CCCOc1ccccc1/C=C/[C@@]12NC(=O)CCN1c1ccccc1C2(C)C. The summed E-state index contributed by atoms with van der Waals surface area (Å²) >= 11 is 0. The van der Waals surface area contributed by atoms with Gasteiger partial charge in [-0.25, -0.2) is 0 Å². The lowest BCUT2D eigenvalue weighted by molar-refractivity contribution is -0.124. The number of anilines is 1. The maximum Gasteiger partial charge on any atom is 0.223 e. The topological polar surface area (TPSA) is 41.6 Å². The molecular formula is C24H28N2O2. The number of rotatable bonds is 5. The molecule has 0 spiro atoms. The third-order valence-electron chi connectivity index (χ3n) is 6.02. The number of fused-ring (bicyclic) bond motifs is 3. The number of nitrogens with one attached hydrogen (secondary N) is 1. The lowest BCUT2D eigenvalue weighted by Gasteiger charge is -2.49. The van der Waals surface area contributed by atoms with Crippen LogP contribution in [-0.4, -0.2) is 24.7 Å². The zero-order chi connectivity index (χ0) is 19.8. The molecule has 2 aliphatic heterocycles. The second kappa shape index (κ2) is 7.01. The number of nitrogens with zero attached hydrogens (tertiary/aromatic N) is 1. The molecule has 2 aromatic carbocycles. The van der Waals surface area contributed by atoms with E-state index < -0.39 is 5.66 Å². The fourth-order valence-corrected chi connectivity index (χ4v) is 4.49. The first-order valence-electron chi connectivity index (χ1n) is 10.1. The molecule has 0 aliphatic carbocycles. The van der Waals surface area contributed by atoms with E-state index in [1.165, 1.54) is 11.3 Å². The first kappa shape index (κ1) is 18.6. The summed E-state index contributed by atoms with van der Waals surface area (Å²) in [5, 5.41) is 3.32. The van der Waals surface area contributed by atoms with Crippen LogP contribution in [0.3, 0.4) is 0 Å². The number of hydrogen-bond acceptors (Lipinski definition) is 3. The van der Waals surface area contributed by atoms with Gasteiger partial charge in [-0.05, 0) is 30.2 Å².